The van der Waals surface area contributed by atoms with Crippen LogP contribution in [0.4, 0.5) is 4.79 Å². The Labute approximate surface area is 163 Å². The fourth-order valence-corrected chi connectivity index (χ4v) is 4.61. The third-order valence-electron chi connectivity index (χ3n) is 6.14. The molecule has 0 radical (unpaired) electrons. The maximum atomic E-state index is 12.4. The second-order valence-corrected chi connectivity index (χ2v) is 7.67. The SMILES string of the molecule is O=C(N1CCC(C(O)CC2c3ccccc3-c3cncn32)CC1)n1ccnc1. The first-order valence-electron chi connectivity index (χ1n) is 9.79. The van der Waals surface area contributed by atoms with E-state index in [9.17, 15) is 9.90 Å². The molecule has 2 aromatic heterocycles. The standard InChI is InChI=1S/C21H23N5O2/c27-20(15-5-8-24(9-6-15)21(28)25-10-7-22-13-25)11-18-16-3-1-2-4-17(16)19-12-23-14-26(18)19/h1-4,7,10,12-15,18,20,27H,5-6,8-9,11H2. The normalized spacial score (nSPS) is 20.0. The molecule has 5 rings (SSSR count). The number of hydrogen-bond donors (Lipinski definition) is 1. The van der Waals surface area contributed by atoms with E-state index < -0.39 is 6.10 Å². The Morgan fingerprint density at radius 1 is 1.18 bits per heavy atom. The molecule has 1 N–H and O–H groups in total. The van der Waals surface area contributed by atoms with Crippen molar-refractivity contribution in [3.63, 3.8) is 0 Å². The van der Waals surface area contributed by atoms with Crippen molar-refractivity contribution in [2.45, 2.75) is 31.4 Å². The summed E-state index contributed by atoms with van der Waals surface area (Å²) in [5, 5.41) is 11.0. The molecular formula is C21H23N5O2. The predicted octanol–water partition coefficient (Wildman–Crippen LogP) is 2.78. The van der Waals surface area contributed by atoms with Crippen molar-refractivity contribution in [1.82, 2.24) is 24.0 Å². The first-order valence-corrected chi connectivity index (χ1v) is 9.79. The average molecular weight is 377 g/mol. The summed E-state index contributed by atoms with van der Waals surface area (Å²) in [6, 6.07) is 8.44. The Bertz CT molecular complexity index is 972. The number of nitrogens with zero attached hydrogens (tertiary/aromatic N) is 5. The zero-order valence-electron chi connectivity index (χ0n) is 15.6. The van der Waals surface area contributed by atoms with Crippen LogP contribution in [0, 0.1) is 5.92 Å². The average Bonchev–Trinajstić information content (AvgIpc) is 3.47. The van der Waals surface area contributed by atoms with Gasteiger partial charge < -0.3 is 14.6 Å². The van der Waals surface area contributed by atoms with Crippen LogP contribution in [0.2, 0.25) is 0 Å². The number of carbonyl (C=O) groups is 1. The summed E-state index contributed by atoms with van der Waals surface area (Å²) in [4.78, 5) is 22.5. The monoisotopic (exact) mass is 377 g/mol. The van der Waals surface area contributed by atoms with Crippen molar-refractivity contribution in [2.24, 2.45) is 5.92 Å². The van der Waals surface area contributed by atoms with Gasteiger partial charge in [-0.05, 0) is 30.7 Å². The molecule has 7 heteroatoms. The van der Waals surface area contributed by atoms with E-state index in [-0.39, 0.29) is 18.0 Å². The first kappa shape index (κ1) is 17.2. The van der Waals surface area contributed by atoms with E-state index in [2.05, 4.69) is 32.7 Å². The topological polar surface area (TPSA) is 76.2 Å². The van der Waals surface area contributed by atoms with Crippen LogP contribution >= 0.6 is 0 Å². The Morgan fingerprint density at radius 3 is 2.79 bits per heavy atom. The Morgan fingerprint density at radius 2 is 2.00 bits per heavy atom. The molecule has 2 aliphatic rings. The second-order valence-electron chi connectivity index (χ2n) is 7.67. The Balaban J connectivity index is 1.25. The molecular weight excluding hydrogens is 354 g/mol. The third kappa shape index (κ3) is 2.82. The van der Waals surface area contributed by atoms with Crippen molar-refractivity contribution in [3.05, 3.63) is 61.1 Å². The van der Waals surface area contributed by atoms with Gasteiger partial charge in [-0.2, -0.15) is 0 Å². The minimum absolute atomic E-state index is 0.0433. The van der Waals surface area contributed by atoms with Crippen molar-refractivity contribution < 1.29 is 9.90 Å². The molecule has 7 nitrogen and oxygen atoms in total. The molecule has 0 saturated carbocycles. The Hall–Kier alpha value is -2.93. The van der Waals surface area contributed by atoms with Crippen LogP contribution in [0.5, 0.6) is 0 Å². The fraction of sp³-hybridized carbons (Fsp3) is 0.381. The predicted molar refractivity (Wildman–Crippen MR) is 104 cm³/mol. The zero-order valence-corrected chi connectivity index (χ0v) is 15.6. The summed E-state index contributed by atoms with van der Waals surface area (Å²) in [6.45, 7) is 1.33. The van der Waals surface area contributed by atoms with Crippen LogP contribution in [-0.2, 0) is 0 Å². The molecule has 0 aliphatic carbocycles. The van der Waals surface area contributed by atoms with Crippen molar-refractivity contribution in [2.75, 3.05) is 13.1 Å². The minimum atomic E-state index is -0.406. The molecule has 4 heterocycles. The lowest BCUT2D eigenvalue weighted by molar-refractivity contribution is 0.0540. The molecule has 1 saturated heterocycles. The van der Waals surface area contributed by atoms with Crippen LogP contribution < -0.4 is 0 Å². The fourth-order valence-electron chi connectivity index (χ4n) is 4.61. The quantitative estimate of drug-likeness (QED) is 0.761. The molecule has 0 spiro atoms. The van der Waals surface area contributed by atoms with Gasteiger partial charge >= 0.3 is 6.03 Å². The lowest BCUT2D eigenvalue weighted by Gasteiger charge is -2.35. The molecule has 2 atom stereocenters. The molecule has 2 unspecified atom stereocenters. The number of likely N-dealkylation sites (tertiary alicyclic amines) is 1. The summed E-state index contributed by atoms with van der Waals surface area (Å²) < 4.78 is 3.68. The largest absolute Gasteiger partial charge is 0.393 e. The third-order valence-corrected chi connectivity index (χ3v) is 6.14. The van der Waals surface area contributed by atoms with Gasteiger partial charge in [0.05, 0.1) is 30.4 Å². The summed E-state index contributed by atoms with van der Waals surface area (Å²) in [5.74, 6) is 0.201. The van der Waals surface area contributed by atoms with Gasteiger partial charge in [-0.3, -0.25) is 4.57 Å². The van der Waals surface area contributed by atoms with Gasteiger partial charge in [0.2, 0.25) is 0 Å². The number of aliphatic hydroxyl groups is 1. The first-order chi connectivity index (χ1) is 13.7. The number of amides is 1. The van der Waals surface area contributed by atoms with Gasteiger partial charge in [-0.25, -0.2) is 14.8 Å². The smallest absolute Gasteiger partial charge is 0.329 e. The van der Waals surface area contributed by atoms with E-state index in [1.165, 1.54) is 22.0 Å². The van der Waals surface area contributed by atoms with Crippen molar-refractivity contribution in [1.29, 1.82) is 0 Å². The van der Waals surface area contributed by atoms with Crippen molar-refractivity contribution in [3.8, 4) is 11.3 Å². The van der Waals surface area contributed by atoms with Crippen LogP contribution in [0.3, 0.4) is 0 Å². The number of imidazole rings is 2. The maximum absolute atomic E-state index is 12.4. The zero-order chi connectivity index (χ0) is 19.1. The van der Waals surface area contributed by atoms with Crippen LogP contribution in [-0.4, -0.2) is 54.3 Å². The van der Waals surface area contributed by atoms with Gasteiger partial charge in [0, 0.05) is 31.0 Å². The minimum Gasteiger partial charge on any atom is -0.393 e. The summed E-state index contributed by atoms with van der Waals surface area (Å²) in [5.41, 5.74) is 3.58. The highest BCUT2D eigenvalue weighted by atomic mass is 16.3. The molecule has 0 bridgehead atoms. The molecule has 1 aromatic carbocycles. The summed E-state index contributed by atoms with van der Waals surface area (Å²) >= 11 is 0. The highest BCUT2D eigenvalue weighted by Crippen LogP contribution is 2.42. The van der Waals surface area contributed by atoms with Gasteiger partial charge in [-0.1, -0.05) is 24.3 Å². The Kier molecular flexibility index (Phi) is 4.24. The van der Waals surface area contributed by atoms with E-state index in [0.717, 1.165) is 18.5 Å². The van der Waals surface area contributed by atoms with E-state index in [4.69, 9.17) is 0 Å². The highest BCUT2D eigenvalue weighted by molar-refractivity contribution is 5.76. The number of benzene rings is 1. The number of aliphatic hydroxyl groups excluding tert-OH is 1. The molecule has 3 aromatic rings. The molecule has 1 amide bonds. The number of carbonyl (C=O) groups excluding carboxylic acids is 1. The van der Waals surface area contributed by atoms with Crippen LogP contribution in [0.15, 0.2) is 55.5 Å². The lowest BCUT2D eigenvalue weighted by Crippen LogP contribution is -2.43. The number of piperidine rings is 1. The summed E-state index contributed by atoms with van der Waals surface area (Å²) in [7, 11) is 0. The van der Waals surface area contributed by atoms with E-state index in [1.807, 2.05) is 23.5 Å². The number of rotatable bonds is 3. The van der Waals surface area contributed by atoms with Crippen LogP contribution in [0.1, 0.15) is 30.9 Å². The van der Waals surface area contributed by atoms with Gasteiger partial charge in [-0.15, -0.1) is 0 Å². The molecule has 1 fully saturated rings. The van der Waals surface area contributed by atoms with E-state index >= 15 is 0 Å². The highest BCUT2D eigenvalue weighted by Gasteiger charge is 2.34. The van der Waals surface area contributed by atoms with Gasteiger partial charge in [0.1, 0.15) is 6.33 Å². The molecule has 28 heavy (non-hydrogen) atoms. The maximum Gasteiger partial charge on any atom is 0.329 e. The van der Waals surface area contributed by atoms with Crippen molar-refractivity contribution >= 4 is 6.03 Å². The molecule has 144 valence electrons. The van der Waals surface area contributed by atoms with Crippen LogP contribution in [0.25, 0.3) is 11.3 Å². The summed E-state index contributed by atoms with van der Waals surface area (Å²) in [6.07, 6.45) is 10.5. The number of fused-ring (bicyclic) bond motifs is 3. The van der Waals surface area contributed by atoms with E-state index in [0.29, 0.717) is 19.5 Å². The number of aromatic nitrogens is 4. The van der Waals surface area contributed by atoms with Gasteiger partial charge in [0.15, 0.2) is 0 Å². The van der Waals surface area contributed by atoms with E-state index in [1.54, 1.807) is 12.4 Å². The number of hydrogen-bond acceptors (Lipinski definition) is 4. The lowest BCUT2D eigenvalue weighted by atomic mass is 9.86. The second kappa shape index (κ2) is 6.91. The van der Waals surface area contributed by atoms with Gasteiger partial charge in [0.25, 0.3) is 0 Å². The molecule has 2 aliphatic heterocycles.